The van der Waals surface area contributed by atoms with E-state index in [-0.39, 0.29) is 6.10 Å². The minimum Gasteiger partial charge on any atom is -0.491 e. The molecule has 0 aliphatic heterocycles. The first-order chi connectivity index (χ1) is 9.08. The Morgan fingerprint density at radius 2 is 1.84 bits per heavy atom. The quantitative estimate of drug-likeness (QED) is 0.911. The molecule has 3 nitrogen and oxygen atoms in total. The molecule has 0 unspecified atom stereocenters. The van der Waals surface area contributed by atoms with E-state index in [4.69, 9.17) is 10.5 Å². The summed E-state index contributed by atoms with van der Waals surface area (Å²) in [5, 5.41) is 0. The number of nitrogens with two attached hydrogens (primary N) is 1. The lowest BCUT2D eigenvalue weighted by Gasteiger charge is -2.12. The number of benzene rings is 2. The van der Waals surface area contributed by atoms with Gasteiger partial charge in [0.1, 0.15) is 5.75 Å². The van der Waals surface area contributed by atoms with Gasteiger partial charge in [-0.1, -0.05) is 30.3 Å². The van der Waals surface area contributed by atoms with Gasteiger partial charge in [-0.25, -0.2) is 0 Å². The Morgan fingerprint density at radius 3 is 2.53 bits per heavy atom. The van der Waals surface area contributed by atoms with Crippen molar-refractivity contribution >= 4 is 5.91 Å². The summed E-state index contributed by atoms with van der Waals surface area (Å²) in [7, 11) is 0. The summed E-state index contributed by atoms with van der Waals surface area (Å²) in [6, 6.07) is 15.0. The first-order valence-corrected chi connectivity index (χ1v) is 6.24. The van der Waals surface area contributed by atoms with Gasteiger partial charge in [0.05, 0.1) is 6.10 Å². The second-order valence-corrected chi connectivity index (χ2v) is 4.60. The van der Waals surface area contributed by atoms with E-state index in [1.54, 1.807) is 12.1 Å². The maximum Gasteiger partial charge on any atom is 0.249 e. The van der Waals surface area contributed by atoms with Gasteiger partial charge >= 0.3 is 0 Å². The van der Waals surface area contributed by atoms with Gasteiger partial charge in [-0.3, -0.25) is 4.79 Å². The zero-order valence-electron chi connectivity index (χ0n) is 11.1. The third-order valence-corrected chi connectivity index (χ3v) is 2.71. The SMILES string of the molecule is CC(C)Oc1cccc(-c2ccccc2C(N)=O)c1. The molecule has 0 saturated heterocycles. The normalized spacial score (nSPS) is 10.5. The van der Waals surface area contributed by atoms with Gasteiger partial charge in [0.25, 0.3) is 0 Å². The molecule has 3 heteroatoms. The van der Waals surface area contributed by atoms with E-state index in [1.165, 1.54) is 0 Å². The van der Waals surface area contributed by atoms with E-state index in [2.05, 4.69) is 0 Å². The van der Waals surface area contributed by atoms with Gasteiger partial charge in [-0.2, -0.15) is 0 Å². The van der Waals surface area contributed by atoms with Gasteiger partial charge in [-0.15, -0.1) is 0 Å². The molecule has 98 valence electrons. The molecule has 0 aromatic heterocycles. The molecule has 0 aliphatic carbocycles. The monoisotopic (exact) mass is 255 g/mol. The van der Waals surface area contributed by atoms with Crippen LogP contribution < -0.4 is 10.5 Å². The van der Waals surface area contributed by atoms with E-state index in [1.807, 2.05) is 50.2 Å². The van der Waals surface area contributed by atoms with Crippen molar-refractivity contribution in [3.8, 4) is 16.9 Å². The second-order valence-electron chi connectivity index (χ2n) is 4.60. The van der Waals surface area contributed by atoms with E-state index >= 15 is 0 Å². The van der Waals surface area contributed by atoms with Crippen LogP contribution in [0.4, 0.5) is 0 Å². The Kier molecular flexibility index (Phi) is 3.85. The average Bonchev–Trinajstić information content (AvgIpc) is 2.38. The van der Waals surface area contributed by atoms with Gasteiger partial charge in [-0.05, 0) is 43.2 Å². The number of hydrogen-bond donors (Lipinski definition) is 1. The topological polar surface area (TPSA) is 52.3 Å². The van der Waals surface area contributed by atoms with Crippen LogP contribution in [-0.2, 0) is 0 Å². The smallest absolute Gasteiger partial charge is 0.249 e. The number of carbonyl (C=O) groups is 1. The fourth-order valence-electron chi connectivity index (χ4n) is 1.96. The molecule has 2 rings (SSSR count). The lowest BCUT2D eigenvalue weighted by Crippen LogP contribution is -2.12. The van der Waals surface area contributed by atoms with Crippen molar-refractivity contribution in [3.63, 3.8) is 0 Å². The fraction of sp³-hybridized carbons (Fsp3) is 0.188. The van der Waals surface area contributed by atoms with Crippen molar-refractivity contribution in [2.75, 3.05) is 0 Å². The Balaban J connectivity index is 2.44. The lowest BCUT2D eigenvalue weighted by atomic mass is 9.99. The maximum atomic E-state index is 11.4. The van der Waals surface area contributed by atoms with E-state index < -0.39 is 5.91 Å². The highest BCUT2D eigenvalue weighted by molar-refractivity contribution is 5.99. The fourth-order valence-corrected chi connectivity index (χ4v) is 1.96. The van der Waals surface area contributed by atoms with E-state index in [9.17, 15) is 4.79 Å². The Bertz CT molecular complexity index is 591. The van der Waals surface area contributed by atoms with E-state index in [0.717, 1.165) is 16.9 Å². The van der Waals surface area contributed by atoms with Crippen LogP contribution in [0.15, 0.2) is 48.5 Å². The summed E-state index contributed by atoms with van der Waals surface area (Å²) in [4.78, 5) is 11.4. The van der Waals surface area contributed by atoms with Crippen LogP contribution in [0.2, 0.25) is 0 Å². The summed E-state index contributed by atoms with van der Waals surface area (Å²) in [6.45, 7) is 3.95. The van der Waals surface area contributed by atoms with Crippen LogP contribution in [0.1, 0.15) is 24.2 Å². The van der Waals surface area contributed by atoms with Gasteiger partial charge in [0.15, 0.2) is 0 Å². The van der Waals surface area contributed by atoms with Crippen molar-refractivity contribution in [1.29, 1.82) is 0 Å². The summed E-state index contributed by atoms with van der Waals surface area (Å²) >= 11 is 0. The molecule has 0 radical (unpaired) electrons. The number of carbonyl (C=O) groups excluding carboxylic acids is 1. The number of hydrogen-bond acceptors (Lipinski definition) is 2. The van der Waals surface area contributed by atoms with E-state index in [0.29, 0.717) is 5.56 Å². The Hall–Kier alpha value is -2.29. The molecule has 0 spiro atoms. The van der Waals surface area contributed by atoms with Crippen molar-refractivity contribution in [2.24, 2.45) is 5.73 Å². The van der Waals surface area contributed by atoms with Crippen LogP contribution in [-0.4, -0.2) is 12.0 Å². The molecule has 2 aromatic carbocycles. The highest BCUT2D eigenvalue weighted by Gasteiger charge is 2.09. The summed E-state index contributed by atoms with van der Waals surface area (Å²) in [6.07, 6.45) is 0.113. The van der Waals surface area contributed by atoms with Crippen molar-refractivity contribution in [2.45, 2.75) is 20.0 Å². The van der Waals surface area contributed by atoms with Crippen LogP contribution >= 0.6 is 0 Å². The highest BCUT2D eigenvalue weighted by Crippen LogP contribution is 2.27. The molecule has 0 heterocycles. The molecule has 0 aliphatic rings. The Morgan fingerprint density at radius 1 is 1.11 bits per heavy atom. The first kappa shape index (κ1) is 13.1. The summed E-state index contributed by atoms with van der Waals surface area (Å²) in [5.41, 5.74) is 7.67. The molecule has 2 aromatic rings. The van der Waals surface area contributed by atoms with Crippen LogP contribution in [0.3, 0.4) is 0 Å². The molecule has 0 bridgehead atoms. The molecule has 19 heavy (non-hydrogen) atoms. The van der Waals surface area contributed by atoms with Crippen molar-refractivity contribution < 1.29 is 9.53 Å². The summed E-state index contributed by atoms with van der Waals surface area (Å²) in [5.74, 6) is 0.359. The molecule has 1 amide bonds. The van der Waals surface area contributed by atoms with Crippen molar-refractivity contribution in [1.82, 2.24) is 0 Å². The summed E-state index contributed by atoms with van der Waals surface area (Å²) < 4.78 is 5.66. The van der Waals surface area contributed by atoms with Gasteiger partial charge in [0, 0.05) is 5.56 Å². The molecule has 0 fully saturated rings. The van der Waals surface area contributed by atoms with Gasteiger partial charge in [0.2, 0.25) is 5.91 Å². The average molecular weight is 255 g/mol. The van der Waals surface area contributed by atoms with Crippen LogP contribution in [0, 0.1) is 0 Å². The molecule has 0 atom stereocenters. The number of amides is 1. The minimum absolute atomic E-state index is 0.113. The van der Waals surface area contributed by atoms with Gasteiger partial charge < -0.3 is 10.5 Å². The largest absolute Gasteiger partial charge is 0.491 e. The third-order valence-electron chi connectivity index (χ3n) is 2.71. The molecular weight excluding hydrogens is 238 g/mol. The standard InChI is InChI=1S/C16H17NO2/c1-11(2)19-13-7-5-6-12(10-13)14-8-3-4-9-15(14)16(17)18/h3-11H,1-2H3,(H2,17,18). The zero-order valence-corrected chi connectivity index (χ0v) is 11.1. The maximum absolute atomic E-state index is 11.4. The first-order valence-electron chi connectivity index (χ1n) is 6.24. The number of rotatable bonds is 4. The predicted octanol–water partition coefficient (Wildman–Crippen LogP) is 3.24. The predicted molar refractivity (Wildman–Crippen MR) is 76.2 cm³/mol. The zero-order chi connectivity index (χ0) is 13.8. The molecular formula is C16H17NO2. The van der Waals surface area contributed by atoms with Crippen LogP contribution in [0.5, 0.6) is 5.75 Å². The Labute approximate surface area is 113 Å². The van der Waals surface area contributed by atoms with Crippen LogP contribution in [0.25, 0.3) is 11.1 Å². The lowest BCUT2D eigenvalue weighted by molar-refractivity contribution is 0.100. The number of primary amides is 1. The second kappa shape index (κ2) is 5.57. The molecule has 2 N–H and O–H groups in total. The van der Waals surface area contributed by atoms with Crippen molar-refractivity contribution in [3.05, 3.63) is 54.1 Å². The molecule has 0 saturated carbocycles. The minimum atomic E-state index is -0.425. The third kappa shape index (κ3) is 3.13. The highest BCUT2D eigenvalue weighted by atomic mass is 16.5. The number of ether oxygens (including phenoxy) is 1.